The van der Waals surface area contributed by atoms with Gasteiger partial charge in [-0.1, -0.05) is 0 Å². The van der Waals surface area contributed by atoms with Crippen LogP contribution in [0.2, 0.25) is 0 Å². The average molecular weight is 283 g/mol. The van der Waals surface area contributed by atoms with E-state index < -0.39 is 35.7 Å². The molecule has 0 aromatic heterocycles. The Labute approximate surface area is 113 Å². The van der Waals surface area contributed by atoms with Crippen LogP contribution in [0.1, 0.15) is 24.5 Å². The second-order valence-electron chi connectivity index (χ2n) is 3.66. The summed E-state index contributed by atoms with van der Waals surface area (Å²) in [5, 5.41) is 8.62. The largest absolute Gasteiger partial charge is 0.516 e. The number of hydrogen-bond donors (Lipinski definition) is 0. The zero-order valence-electron chi connectivity index (χ0n) is 10.6. The topological polar surface area (TPSA) is 76.4 Å². The van der Waals surface area contributed by atoms with Gasteiger partial charge in [-0.2, -0.15) is 5.26 Å². The number of halogens is 2. The number of ether oxygens (including phenoxy) is 2. The van der Waals surface area contributed by atoms with E-state index >= 15 is 0 Å². The van der Waals surface area contributed by atoms with E-state index in [0.717, 1.165) is 12.1 Å². The van der Waals surface area contributed by atoms with Crippen molar-refractivity contribution in [2.45, 2.75) is 19.8 Å². The minimum absolute atomic E-state index is 0.0413. The summed E-state index contributed by atoms with van der Waals surface area (Å²) < 4.78 is 35.7. The molecule has 0 fully saturated rings. The molecule has 0 saturated carbocycles. The van der Waals surface area contributed by atoms with Crippen LogP contribution in [-0.4, -0.2) is 18.7 Å². The smallest absolute Gasteiger partial charge is 0.434 e. The van der Waals surface area contributed by atoms with Crippen LogP contribution in [0.15, 0.2) is 12.1 Å². The van der Waals surface area contributed by atoms with Crippen molar-refractivity contribution in [3.8, 4) is 6.07 Å². The van der Waals surface area contributed by atoms with E-state index in [4.69, 9.17) is 5.26 Å². The summed E-state index contributed by atoms with van der Waals surface area (Å²) in [6.45, 7) is 1.57. The third-order valence-electron chi connectivity index (χ3n) is 2.34. The lowest BCUT2D eigenvalue weighted by molar-refractivity contribution is -0.139. The lowest BCUT2D eigenvalue weighted by Crippen LogP contribution is -2.14. The van der Waals surface area contributed by atoms with Crippen molar-refractivity contribution in [1.82, 2.24) is 0 Å². The lowest BCUT2D eigenvalue weighted by atomic mass is 10.1. The Balaban J connectivity index is 2.69. The summed E-state index contributed by atoms with van der Waals surface area (Å²) in [6.07, 6.45) is -1.91. The van der Waals surface area contributed by atoms with Gasteiger partial charge >= 0.3 is 12.1 Å². The van der Waals surface area contributed by atoms with Gasteiger partial charge in [0.25, 0.3) is 0 Å². The number of hydrogen-bond acceptors (Lipinski definition) is 5. The standard InChI is InChI=1S/C13H11F2NO4/c1-2-19-13(18)20-11(17)6-4-9-10(14)5-3-8(7-16)12(9)15/h3,5H,2,4,6H2,1H3. The summed E-state index contributed by atoms with van der Waals surface area (Å²) in [7, 11) is 0. The van der Waals surface area contributed by atoms with Crippen LogP contribution in [0, 0.1) is 23.0 Å². The van der Waals surface area contributed by atoms with Crippen LogP contribution in [0.4, 0.5) is 13.6 Å². The molecule has 1 aromatic rings. The molecule has 1 aromatic carbocycles. The lowest BCUT2D eigenvalue weighted by Gasteiger charge is -2.06. The van der Waals surface area contributed by atoms with Crippen LogP contribution < -0.4 is 0 Å². The fourth-order valence-corrected chi connectivity index (χ4v) is 1.43. The highest BCUT2D eigenvalue weighted by Gasteiger charge is 2.17. The maximum Gasteiger partial charge on any atom is 0.516 e. The van der Waals surface area contributed by atoms with Gasteiger partial charge < -0.3 is 9.47 Å². The Kier molecular flexibility index (Phi) is 5.59. The molecular formula is C13H11F2NO4. The Bertz CT molecular complexity index is 566. The Morgan fingerprint density at radius 3 is 2.65 bits per heavy atom. The highest BCUT2D eigenvalue weighted by Crippen LogP contribution is 2.18. The summed E-state index contributed by atoms with van der Waals surface area (Å²) in [5.74, 6) is -2.86. The second kappa shape index (κ2) is 7.19. The number of carbonyl (C=O) groups excluding carboxylic acids is 2. The van der Waals surface area contributed by atoms with Crippen LogP contribution in [0.5, 0.6) is 0 Å². The van der Waals surface area contributed by atoms with Crippen molar-refractivity contribution in [1.29, 1.82) is 5.26 Å². The van der Waals surface area contributed by atoms with Crippen molar-refractivity contribution in [3.05, 3.63) is 34.9 Å². The molecule has 0 unspecified atom stereocenters. The number of nitriles is 1. The van der Waals surface area contributed by atoms with E-state index in [-0.39, 0.29) is 18.6 Å². The summed E-state index contributed by atoms with van der Waals surface area (Å²) in [4.78, 5) is 22.1. The zero-order valence-corrected chi connectivity index (χ0v) is 10.6. The van der Waals surface area contributed by atoms with Crippen molar-refractivity contribution >= 4 is 12.1 Å². The highest BCUT2D eigenvalue weighted by molar-refractivity contribution is 5.81. The van der Waals surface area contributed by atoms with E-state index in [9.17, 15) is 18.4 Å². The van der Waals surface area contributed by atoms with Gasteiger partial charge in [0.2, 0.25) is 0 Å². The quantitative estimate of drug-likeness (QED) is 0.626. The van der Waals surface area contributed by atoms with Gasteiger partial charge in [-0.15, -0.1) is 0 Å². The molecule has 0 aliphatic heterocycles. The molecule has 0 atom stereocenters. The molecule has 7 heteroatoms. The summed E-state index contributed by atoms with van der Waals surface area (Å²) in [6, 6.07) is 3.51. The molecule has 0 amide bonds. The van der Waals surface area contributed by atoms with Crippen molar-refractivity contribution in [2.24, 2.45) is 0 Å². The number of carbonyl (C=O) groups is 2. The predicted octanol–water partition coefficient (Wildman–Crippen LogP) is 2.47. The fraction of sp³-hybridized carbons (Fsp3) is 0.308. The molecule has 0 saturated heterocycles. The Morgan fingerprint density at radius 2 is 2.05 bits per heavy atom. The first-order valence-electron chi connectivity index (χ1n) is 5.74. The van der Waals surface area contributed by atoms with Gasteiger partial charge in [0.1, 0.15) is 17.7 Å². The van der Waals surface area contributed by atoms with Crippen LogP contribution in [0.3, 0.4) is 0 Å². The Hall–Kier alpha value is -2.49. The monoisotopic (exact) mass is 283 g/mol. The van der Waals surface area contributed by atoms with E-state index in [1.54, 1.807) is 6.07 Å². The normalized spacial score (nSPS) is 9.70. The molecule has 0 aliphatic rings. The first kappa shape index (κ1) is 15.6. The molecule has 0 bridgehead atoms. The molecule has 20 heavy (non-hydrogen) atoms. The molecule has 0 N–H and O–H groups in total. The number of benzene rings is 1. The van der Waals surface area contributed by atoms with Gasteiger partial charge in [0.15, 0.2) is 0 Å². The fourth-order valence-electron chi connectivity index (χ4n) is 1.43. The van der Waals surface area contributed by atoms with E-state index in [2.05, 4.69) is 9.47 Å². The van der Waals surface area contributed by atoms with E-state index in [0.29, 0.717) is 0 Å². The third-order valence-corrected chi connectivity index (χ3v) is 2.34. The minimum atomic E-state index is -1.16. The third kappa shape index (κ3) is 4.02. The molecular weight excluding hydrogens is 272 g/mol. The predicted molar refractivity (Wildman–Crippen MR) is 62.5 cm³/mol. The first-order chi connectivity index (χ1) is 9.49. The highest BCUT2D eigenvalue weighted by atomic mass is 19.1. The van der Waals surface area contributed by atoms with Crippen LogP contribution in [-0.2, 0) is 20.7 Å². The van der Waals surface area contributed by atoms with Gasteiger partial charge in [-0.25, -0.2) is 13.6 Å². The van der Waals surface area contributed by atoms with E-state index in [1.807, 2.05) is 0 Å². The Morgan fingerprint density at radius 1 is 1.35 bits per heavy atom. The minimum Gasteiger partial charge on any atom is -0.434 e. The van der Waals surface area contributed by atoms with Crippen molar-refractivity contribution in [2.75, 3.05) is 6.61 Å². The molecule has 0 heterocycles. The summed E-state index contributed by atoms with van der Waals surface area (Å²) >= 11 is 0. The molecule has 1 rings (SSSR count). The van der Waals surface area contributed by atoms with Crippen molar-refractivity contribution < 1.29 is 27.8 Å². The number of esters is 1. The van der Waals surface area contributed by atoms with Crippen LogP contribution in [0.25, 0.3) is 0 Å². The number of rotatable bonds is 4. The SMILES string of the molecule is CCOC(=O)OC(=O)CCc1c(F)ccc(C#N)c1F. The van der Waals surface area contributed by atoms with E-state index in [1.165, 1.54) is 6.92 Å². The maximum atomic E-state index is 13.7. The molecule has 0 aliphatic carbocycles. The van der Waals surface area contributed by atoms with Gasteiger partial charge in [-0.05, 0) is 25.5 Å². The van der Waals surface area contributed by atoms with Gasteiger partial charge in [0, 0.05) is 5.56 Å². The van der Waals surface area contributed by atoms with Gasteiger partial charge in [0.05, 0.1) is 18.6 Å². The number of nitrogens with zero attached hydrogens (tertiary/aromatic N) is 1. The second-order valence-corrected chi connectivity index (χ2v) is 3.66. The molecule has 0 spiro atoms. The van der Waals surface area contributed by atoms with Gasteiger partial charge in [-0.3, -0.25) is 4.79 Å². The molecule has 0 radical (unpaired) electrons. The first-order valence-corrected chi connectivity index (χ1v) is 5.74. The molecule has 106 valence electrons. The summed E-state index contributed by atoms with van der Waals surface area (Å²) in [5.41, 5.74) is -0.718. The van der Waals surface area contributed by atoms with Crippen LogP contribution >= 0.6 is 0 Å². The zero-order chi connectivity index (χ0) is 15.1. The van der Waals surface area contributed by atoms with Crippen molar-refractivity contribution in [3.63, 3.8) is 0 Å². The maximum absolute atomic E-state index is 13.7. The average Bonchev–Trinajstić information content (AvgIpc) is 2.38. The molecule has 5 nitrogen and oxygen atoms in total.